The summed E-state index contributed by atoms with van der Waals surface area (Å²) in [4.78, 5) is 28.2. The Morgan fingerprint density at radius 2 is 1.97 bits per heavy atom. The molecule has 0 unspecified atom stereocenters. The molecular weight excluding hydrogens is 404 g/mol. The number of carbonyl (C=O) groups excluding carboxylic acids is 2. The highest BCUT2D eigenvalue weighted by molar-refractivity contribution is 7.80. The molecule has 0 spiro atoms. The number of benzene rings is 1. The lowest BCUT2D eigenvalue weighted by atomic mass is 9.94. The summed E-state index contributed by atoms with van der Waals surface area (Å²) >= 11 is 5.57. The number of likely N-dealkylation sites (N-methyl/N-ethyl adjacent to an activating group) is 1. The number of nitrogens with zero attached hydrogens (tertiary/aromatic N) is 2. The third kappa shape index (κ3) is 4.75. The average molecular weight is 433 g/mol. The number of rotatable bonds is 7. The molecule has 2 aliphatic rings. The number of ether oxygens (including phenoxy) is 3. The van der Waals surface area contributed by atoms with Crippen LogP contribution in [0.5, 0.6) is 11.5 Å². The zero-order valence-electron chi connectivity index (χ0n) is 17.7. The molecule has 0 N–H and O–H groups in total. The van der Waals surface area contributed by atoms with Crippen molar-refractivity contribution in [1.29, 1.82) is 0 Å². The Morgan fingerprint density at radius 3 is 2.63 bits per heavy atom. The van der Waals surface area contributed by atoms with Crippen LogP contribution in [-0.4, -0.2) is 60.2 Å². The van der Waals surface area contributed by atoms with E-state index in [0.29, 0.717) is 28.9 Å². The van der Waals surface area contributed by atoms with Crippen LogP contribution in [0.2, 0.25) is 0 Å². The van der Waals surface area contributed by atoms with E-state index in [9.17, 15) is 9.59 Å². The number of methoxy groups -OCH3 is 1. The quantitative estimate of drug-likeness (QED) is 0.372. The largest absolute Gasteiger partial charge is 0.493 e. The van der Waals surface area contributed by atoms with E-state index in [0.717, 1.165) is 31.2 Å². The van der Waals surface area contributed by atoms with Crippen LogP contribution in [0.1, 0.15) is 44.6 Å². The molecule has 8 heteroatoms. The molecule has 0 aromatic heterocycles. The molecule has 1 aromatic carbocycles. The van der Waals surface area contributed by atoms with Crippen molar-refractivity contribution in [3.05, 3.63) is 29.5 Å². The van der Waals surface area contributed by atoms with E-state index in [1.807, 2.05) is 13.1 Å². The Labute approximate surface area is 182 Å². The van der Waals surface area contributed by atoms with Crippen molar-refractivity contribution in [3.63, 3.8) is 0 Å². The van der Waals surface area contributed by atoms with Crippen LogP contribution in [0.15, 0.2) is 23.9 Å². The summed E-state index contributed by atoms with van der Waals surface area (Å²) in [5.41, 5.74) is 1.31. The third-order valence-corrected chi connectivity index (χ3v) is 5.84. The predicted molar refractivity (Wildman–Crippen MR) is 117 cm³/mol. The van der Waals surface area contributed by atoms with Gasteiger partial charge >= 0.3 is 5.97 Å². The van der Waals surface area contributed by atoms with Crippen molar-refractivity contribution in [2.24, 2.45) is 0 Å². The molecule has 2 fully saturated rings. The molecule has 0 bridgehead atoms. The van der Waals surface area contributed by atoms with Crippen molar-refractivity contribution >= 4 is 35.3 Å². The van der Waals surface area contributed by atoms with Gasteiger partial charge in [-0.05, 0) is 55.8 Å². The average Bonchev–Trinajstić information content (AvgIpc) is 2.96. The van der Waals surface area contributed by atoms with Crippen LogP contribution >= 0.6 is 12.2 Å². The second-order valence-corrected chi connectivity index (χ2v) is 7.71. The Hall–Kier alpha value is -2.61. The number of hydrogen-bond donors (Lipinski definition) is 0. The first-order valence-electron chi connectivity index (χ1n) is 10.3. The molecule has 1 saturated carbocycles. The van der Waals surface area contributed by atoms with Crippen LogP contribution in [0.25, 0.3) is 6.08 Å². The predicted octanol–water partition coefficient (Wildman–Crippen LogP) is 3.37. The highest BCUT2D eigenvalue weighted by Gasteiger charge is 2.40. The van der Waals surface area contributed by atoms with E-state index >= 15 is 0 Å². The van der Waals surface area contributed by atoms with E-state index in [-0.39, 0.29) is 18.6 Å². The van der Waals surface area contributed by atoms with Gasteiger partial charge in [0.25, 0.3) is 5.91 Å². The highest BCUT2D eigenvalue weighted by atomic mass is 32.1. The minimum atomic E-state index is -0.444. The van der Waals surface area contributed by atoms with Crippen LogP contribution in [0.3, 0.4) is 0 Å². The Morgan fingerprint density at radius 1 is 1.23 bits per heavy atom. The second-order valence-electron chi connectivity index (χ2n) is 7.34. The van der Waals surface area contributed by atoms with Gasteiger partial charge in [0.15, 0.2) is 23.2 Å². The lowest BCUT2D eigenvalue weighted by molar-refractivity contribution is -0.145. The standard InChI is InChI=1S/C22H28N2O5S/c1-4-28-20(25)14-29-18-11-10-15(13-19(18)27-3)12-17-21(26)24(22(30)23(17)2)16-8-6-5-7-9-16/h10-13,16H,4-9,14H2,1-3H3. The summed E-state index contributed by atoms with van der Waals surface area (Å²) in [6.07, 6.45) is 7.26. The smallest absolute Gasteiger partial charge is 0.344 e. The fourth-order valence-electron chi connectivity index (χ4n) is 3.83. The van der Waals surface area contributed by atoms with E-state index in [1.54, 1.807) is 34.9 Å². The zero-order valence-corrected chi connectivity index (χ0v) is 18.5. The number of amides is 1. The van der Waals surface area contributed by atoms with Crippen molar-refractivity contribution in [3.8, 4) is 11.5 Å². The molecule has 1 aliphatic heterocycles. The first kappa shape index (κ1) is 22.1. The molecule has 0 radical (unpaired) electrons. The van der Waals surface area contributed by atoms with Gasteiger partial charge in [-0.2, -0.15) is 0 Å². The molecule has 7 nitrogen and oxygen atoms in total. The topological polar surface area (TPSA) is 68.3 Å². The summed E-state index contributed by atoms with van der Waals surface area (Å²) < 4.78 is 15.8. The van der Waals surface area contributed by atoms with Gasteiger partial charge < -0.3 is 19.1 Å². The van der Waals surface area contributed by atoms with E-state index in [4.69, 9.17) is 26.4 Å². The molecule has 1 amide bonds. The summed E-state index contributed by atoms with van der Waals surface area (Å²) in [6, 6.07) is 5.46. The van der Waals surface area contributed by atoms with Crippen molar-refractivity contribution in [2.45, 2.75) is 45.1 Å². The van der Waals surface area contributed by atoms with Gasteiger partial charge in [0.2, 0.25) is 0 Å². The first-order valence-corrected chi connectivity index (χ1v) is 10.7. The molecule has 1 aromatic rings. The van der Waals surface area contributed by atoms with Gasteiger partial charge in [0.1, 0.15) is 5.70 Å². The van der Waals surface area contributed by atoms with Crippen molar-refractivity contribution in [2.75, 3.05) is 27.4 Å². The highest BCUT2D eigenvalue weighted by Crippen LogP contribution is 2.33. The SMILES string of the molecule is CCOC(=O)COc1ccc(C=C2C(=O)N(C3CCCCC3)C(=S)N2C)cc1OC. The monoisotopic (exact) mass is 432 g/mol. The third-order valence-electron chi connectivity index (χ3n) is 5.37. The Balaban J connectivity index is 1.79. The molecule has 3 rings (SSSR count). The van der Waals surface area contributed by atoms with E-state index < -0.39 is 5.97 Å². The lowest BCUT2D eigenvalue weighted by Gasteiger charge is -2.30. The van der Waals surface area contributed by atoms with Crippen LogP contribution in [0.4, 0.5) is 0 Å². The Kier molecular flexibility index (Phi) is 7.31. The fraction of sp³-hybridized carbons (Fsp3) is 0.500. The number of hydrogen-bond acceptors (Lipinski definition) is 6. The Bertz CT molecular complexity index is 848. The van der Waals surface area contributed by atoms with Crippen LogP contribution < -0.4 is 9.47 Å². The minimum Gasteiger partial charge on any atom is -0.493 e. The van der Waals surface area contributed by atoms with E-state index in [2.05, 4.69) is 0 Å². The molecule has 1 aliphatic carbocycles. The second kappa shape index (κ2) is 9.93. The first-order chi connectivity index (χ1) is 14.5. The van der Waals surface area contributed by atoms with E-state index in [1.165, 1.54) is 13.5 Å². The van der Waals surface area contributed by atoms with Gasteiger partial charge in [-0.25, -0.2) is 4.79 Å². The minimum absolute atomic E-state index is 0.0593. The molecule has 1 saturated heterocycles. The summed E-state index contributed by atoms with van der Waals surface area (Å²) in [5, 5.41) is 0.555. The maximum absolute atomic E-state index is 13.1. The van der Waals surface area contributed by atoms with Gasteiger partial charge in [0.05, 0.1) is 13.7 Å². The van der Waals surface area contributed by atoms with Crippen LogP contribution in [-0.2, 0) is 14.3 Å². The summed E-state index contributed by atoms with van der Waals surface area (Å²) in [6.45, 7) is 1.84. The van der Waals surface area contributed by atoms with Crippen molar-refractivity contribution in [1.82, 2.24) is 9.80 Å². The summed E-state index contributed by atoms with van der Waals surface area (Å²) in [7, 11) is 3.35. The number of carbonyl (C=O) groups is 2. The van der Waals surface area contributed by atoms with Gasteiger partial charge in [-0.1, -0.05) is 25.3 Å². The van der Waals surface area contributed by atoms with Gasteiger partial charge in [-0.15, -0.1) is 0 Å². The maximum atomic E-state index is 13.1. The molecule has 162 valence electrons. The number of thiocarbonyl (C=S) groups is 1. The molecule has 30 heavy (non-hydrogen) atoms. The molecular formula is C22H28N2O5S. The van der Waals surface area contributed by atoms with Gasteiger partial charge in [0, 0.05) is 13.1 Å². The summed E-state index contributed by atoms with van der Waals surface area (Å²) in [5.74, 6) is 0.392. The fourth-order valence-corrected chi connectivity index (χ4v) is 4.16. The molecule has 1 heterocycles. The van der Waals surface area contributed by atoms with Crippen molar-refractivity contribution < 1.29 is 23.8 Å². The maximum Gasteiger partial charge on any atom is 0.344 e. The lowest BCUT2D eigenvalue weighted by Crippen LogP contribution is -2.41. The molecule has 0 atom stereocenters. The zero-order chi connectivity index (χ0) is 21.7. The normalized spacial score (nSPS) is 18.8. The number of esters is 1. The van der Waals surface area contributed by atoms with Gasteiger partial charge in [-0.3, -0.25) is 9.69 Å². The van der Waals surface area contributed by atoms with Crippen LogP contribution in [0, 0.1) is 0 Å².